The van der Waals surface area contributed by atoms with Crippen LogP contribution in [0.4, 0.5) is 18.9 Å². The SMILES string of the molecule is CN(C)c1ccc([C@H]2[C@@H](S(=O)(=O)NCc3cccc(C(F)(F)F)c3)CON2C)cc1. The maximum atomic E-state index is 12.9. The van der Waals surface area contributed by atoms with Crippen molar-refractivity contribution in [2.24, 2.45) is 0 Å². The van der Waals surface area contributed by atoms with E-state index in [1.807, 2.05) is 43.3 Å². The third-order valence-corrected chi connectivity index (χ3v) is 6.81. The van der Waals surface area contributed by atoms with Crippen molar-refractivity contribution in [3.8, 4) is 0 Å². The van der Waals surface area contributed by atoms with Crippen molar-refractivity contribution in [3.63, 3.8) is 0 Å². The van der Waals surface area contributed by atoms with Crippen LogP contribution < -0.4 is 9.62 Å². The molecule has 1 saturated heterocycles. The largest absolute Gasteiger partial charge is 0.416 e. The minimum absolute atomic E-state index is 0.0471. The van der Waals surface area contributed by atoms with Crippen LogP contribution in [0, 0.1) is 0 Å². The molecule has 6 nitrogen and oxygen atoms in total. The van der Waals surface area contributed by atoms with Crippen LogP contribution in [0.3, 0.4) is 0 Å². The van der Waals surface area contributed by atoms with Crippen LogP contribution >= 0.6 is 0 Å². The second kappa shape index (κ2) is 8.54. The molecule has 1 N–H and O–H groups in total. The van der Waals surface area contributed by atoms with Crippen LogP contribution in [-0.2, 0) is 27.6 Å². The number of nitrogens with zero attached hydrogens (tertiary/aromatic N) is 2. The van der Waals surface area contributed by atoms with Gasteiger partial charge in [0.15, 0.2) is 0 Å². The monoisotopic (exact) mass is 443 g/mol. The highest BCUT2D eigenvalue weighted by molar-refractivity contribution is 7.90. The lowest BCUT2D eigenvalue weighted by atomic mass is 10.0. The molecule has 2 aromatic rings. The standard InChI is InChI=1S/C20H24F3N3O3S/c1-25(2)17-9-7-15(8-10-17)19-18(13-29-26(19)3)30(27,28)24-12-14-5-4-6-16(11-14)20(21,22)23/h4-11,18-19,24H,12-13H2,1-3H3/t18-,19-/m0/s1. The van der Waals surface area contributed by atoms with Crippen molar-refractivity contribution in [1.82, 2.24) is 9.79 Å². The summed E-state index contributed by atoms with van der Waals surface area (Å²) in [6.07, 6.45) is -4.49. The average Bonchev–Trinajstić information content (AvgIpc) is 3.08. The van der Waals surface area contributed by atoms with Gasteiger partial charge in [0.05, 0.1) is 18.2 Å². The molecule has 2 aromatic carbocycles. The van der Waals surface area contributed by atoms with Gasteiger partial charge in [-0.05, 0) is 29.3 Å². The van der Waals surface area contributed by atoms with E-state index in [1.54, 1.807) is 7.05 Å². The fourth-order valence-corrected chi connectivity index (χ4v) is 4.89. The molecule has 1 aliphatic rings. The predicted octanol–water partition coefficient (Wildman–Crippen LogP) is 3.18. The molecule has 0 aliphatic carbocycles. The van der Waals surface area contributed by atoms with Crippen LogP contribution in [0.15, 0.2) is 48.5 Å². The van der Waals surface area contributed by atoms with E-state index in [1.165, 1.54) is 17.2 Å². The Morgan fingerprint density at radius 1 is 1.17 bits per heavy atom. The number of hydrogen-bond acceptors (Lipinski definition) is 5. The lowest BCUT2D eigenvalue weighted by Gasteiger charge is -2.24. The topological polar surface area (TPSA) is 61.9 Å². The van der Waals surface area contributed by atoms with E-state index in [9.17, 15) is 21.6 Å². The first-order chi connectivity index (χ1) is 14.0. The van der Waals surface area contributed by atoms with Crippen molar-refractivity contribution in [3.05, 3.63) is 65.2 Å². The summed E-state index contributed by atoms with van der Waals surface area (Å²) in [5, 5.41) is 0.595. The first-order valence-corrected chi connectivity index (χ1v) is 10.8. The van der Waals surface area contributed by atoms with Crippen LogP contribution in [0.5, 0.6) is 0 Å². The number of hydroxylamine groups is 2. The van der Waals surface area contributed by atoms with Crippen molar-refractivity contribution < 1.29 is 26.4 Å². The van der Waals surface area contributed by atoms with E-state index in [2.05, 4.69) is 4.72 Å². The normalized spacial score (nSPS) is 20.5. The summed E-state index contributed by atoms with van der Waals surface area (Å²) in [5.41, 5.74) is 1.16. The van der Waals surface area contributed by atoms with Gasteiger partial charge in [-0.2, -0.15) is 18.2 Å². The molecule has 10 heteroatoms. The van der Waals surface area contributed by atoms with Gasteiger partial charge in [0.25, 0.3) is 0 Å². The van der Waals surface area contributed by atoms with E-state index in [4.69, 9.17) is 4.84 Å². The van der Waals surface area contributed by atoms with E-state index in [0.717, 1.165) is 23.4 Å². The smallest absolute Gasteiger partial charge is 0.378 e. The third-order valence-electron chi connectivity index (χ3n) is 5.07. The first kappa shape index (κ1) is 22.5. The quantitative estimate of drug-likeness (QED) is 0.743. The molecule has 0 aromatic heterocycles. The lowest BCUT2D eigenvalue weighted by molar-refractivity contribution is -0.137. The molecular formula is C20H24F3N3O3S. The highest BCUT2D eigenvalue weighted by Crippen LogP contribution is 2.34. The summed E-state index contributed by atoms with van der Waals surface area (Å²) in [6, 6.07) is 11.5. The minimum Gasteiger partial charge on any atom is -0.378 e. The minimum atomic E-state index is -4.49. The van der Waals surface area contributed by atoms with Gasteiger partial charge in [-0.25, -0.2) is 13.1 Å². The molecule has 0 spiro atoms. The highest BCUT2D eigenvalue weighted by Gasteiger charge is 2.43. The maximum Gasteiger partial charge on any atom is 0.416 e. The molecule has 3 rings (SSSR count). The van der Waals surface area contributed by atoms with E-state index in [-0.39, 0.29) is 18.7 Å². The summed E-state index contributed by atoms with van der Waals surface area (Å²) in [7, 11) is 1.60. The van der Waals surface area contributed by atoms with Gasteiger partial charge in [0, 0.05) is 33.4 Å². The van der Waals surface area contributed by atoms with Crippen LogP contribution in [0.2, 0.25) is 0 Å². The zero-order chi connectivity index (χ0) is 22.1. The van der Waals surface area contributed by atoms with Gasteiger partial charge in [0.2, 0.25) is 10.0 Å². The summed E-state index contributed by atoms with van der Waals surface area (Å²) in [6.45, 7) is -0.284. The molecule has 2 atom stereocenters. The predicted molar refractivity (Wildman–Crippen MR) is 108 cm³/mol. The zero-order valence-corrected chi connectivity index (χ0v) is 17.7. The Bertz CT molecular complexity index is 979. The van der Waals surface area contributed by atoms with Crippen molar-refractivity contribution in [2.45, 2.75) is 24.0 Å². The van der Waals surface area contributed by atoms with Crippen molar-refractivity contribution in [1.29, 1.82) is 0 Å². The van der Waals surface area contributed by atoms with Gasteiger partial charge in [-0.15, -0.1) is 0 Å². The van der Waals surface area contributed by atoms with Gasteiger partial charge < -0.3 is 4.90 Å². The third kappa shape index (κ3) is 4.94. The van der Waals surface area contributed by atoms with Gasteiger partial charge in [-0.3, -0.25) is 4.84 Å². The number of anilines is 1. The van der Waals surface area contributed by atoms with Gasteiger partial charge in [0.1, 0.15) is 5.25 Å². The van der Waals surface area contributed by atoms with Crippen LogP contribution in [-0.4, -0.2) is 46.5 Å². The molecule has 1 fully saturated rings. The molecule has 0 radical (unpaired) electrons. The number of sulfonamides is 1. The molecule has 0 amide bonds. The fraction of sp³-hybridized carbons (Fsp3) is 0.400. The van der Waals surface area contributed by atoms with Crippen molar-refractivity contribution in [2.75, 3.05) is 32.6 Å². The Morgan fingerprint density at radius 3 is 2.43 bits per heavy atom. The second-order valence-corrected chi connectivity index (χ2v) is 9.36. The van der Waals surface area contributed by atoms with Crippen LogP contribution in [0.1, 0.15) is 22.7 Å². The summed E-state index contributed by atoms with van der Waals surface area (Å²) >= 11 is 0. The zero-order valence-electron chi connectivity index (χ0n) is 16.8. The van der Waals surface area contributed by atoms with Crippen LogP contribution in [0.25, 0.3) is 0 Å². The van der Waals surface area contributed by atoms with Gasteiger partial charge >= 0.3 is 6.18 Å². The highest BCUT2D eigenvalue weighted by atomic mass is 32.2. The second-order valence-electron chi connectivity index (χ2n) is 7.38. The number of benzene rings is 2. The van der Waals surface area contributed by atoms with Crippen molar-refractivity contribution >= 4 is 15.7 Å². The first-order valence-electron chi connectivity index (χ1n) is 9.26. The molecule has 0 bridgehead atoms. The Hall–Kier alpha value is -2.14. The molecule has 1 heterocycles. The summed E-state index contributed by atoms with van der Waals surface area (Å²) < 4.78 is 67.0. The van der Waals surface area contributed by atoms with E-state index < -0.39 is 33.1 Å². The van der Waals surface area contributed by atoms with Gasteiger partial charge in [-0.1, -0.05) is 30.3 Å². The Balaban J connectivity index is 1.77. The molecule has 1 aliphatic heterocycles. The molecule has 0 saturated carbocycles. The number of nitrogens with one attached hydrogen (secondary N) is 1. The Kier molecular flexibility index (Phi) is 6.42. The Morgan fingerprint density at radius 2 is 1.83 bits per heavy atom. The lowest BCUT2D eigenvalue weighted by Crippen LogP contribution is -2.39. The molecular weight excluding hydrogens is 419 g/mol. The summed E-state index contributed by atoms with van der Waals surface area (Å²) in [5.74, 6) is 0. The number of alkyl halides is 3. The fourth-order valence-electron chi connectivity index (χ4n) is 3.40. The maximum absolute atomic E-state index is 12.9. The number of rotatable bonds is 6. The molecule has 0 unspecified atom stereocenters. The number of hydrogen-bond donors (Lipinski definition) is 1. The molecule has 164 valence electrons. The van der Waals surface area contributed by atoms with E-state index >= 15 is 0 Å². The average molecular weight is 443 g/mol. The Labute approximate surface area is 174 Å². The molecule has 30 heavy (non-hydrogen) atoms. The number of halogens is 3. The van der Waals surface area contributed by atoms with E-state index in [0.29, 0.717) is 0 Å². The summed E-state index contributed by atoms with van der Waals surface area (Å²) in [4.78, 5) is 7.40.